The van der Waals surface area contributed by atoms with E-state index in [2.05, 4.69) is 4.99 Å². The minimum atomic E-state index is -0.862. The van der Waals surface area contributed by atoms with Crippen LogP contribution in [0.25, 0.3) is 0 Å². The van der Waals surface area contributed by atoms with Crippen molar-refractivity contribution in [3.05, 3.63) is 35.9 Å². The highest BCUT2D eigenvalue weighted by atomic mass is 16.6. The maximum absolute atomic E-state index is 11.6. The van der Waals surface area contributed by atoms with Gasteiger partial charge < -0.3 is 21.9 Å². The van der Waals surface area contributed by atoms with Gasteiger partial charge in [-0.05, 0) is 18.4 Å². The highest BCUT2D eigenvalue weighted by Gasteiger charge is 2.18. The molecule has 0 aromatic heterocycles. The van der Waals surface area contributed by atoms with Crippen molar-refractivity contribution in [2.24, 2.45) is 22.2 Å². The number of esters is 2. The molecule has 114 valence electrons. The maximum atomic E-state index is 11.6. The Labute approximate surface area is 123 Å². The molecule has 0 bridgehead atoms. The molecular formula is C14H20N4O3. The lowest BCUT2D eigenvalue weighted by molar-refractivity contribution is -0.160. The molecule has 0 heterocycles. The standard InChI is InChI=1S/C14H20N4O3/c15-11(7-4-8-18-14(16)17)13(20)21-12(19)9-10-5-2-1-3-6-10/h1-3,5-6,11H,4,7-9,15H2,(H4,16,17,18)/t11-/m0/s1. The van der Waals surface area contributed by atoms with Crippen molar-refractivity contribution < 1.29 is 14.3 Å². The van der Waals surface area contributed by atoms with E-state index in [1.54, 1.807) is 24.3 Å². The summed E-state index contributed by atoms with van der Waals surface area (Å²) < 4.78 is 4.71. The molecule has 1 rings (SSSR count). The topological polar surface area (TPSA) is 134 Å². The number of aliphatic imine (C=N–C) groups is 1. The van der Waals surface area contributed by atoms with Gasteiger partial charge in [0.1, 0.15) is 6.04 Å². The SMILES string of the molecule is NC(N)=NCCC[C@H](N)C(=O)OC(=O)Cc1ccccc1. The van der Waals surface area contributed by atoms with Gasteiger partial charge in [0.2, 0.25) is 0 Å². The fraction of sp³-hybridized carbons (Fsp3) is 0.357. The molecule has 0 saturated heterocycles. The summed E-state index contributed by atoms with van der Waals surface area (Å²) in [6.07, 6.45) is 0.905. The highest BCUT2D eigenvalue weighted by Crippen LogP contribution is 2.03. The molecule has 0 aliphatic rings. The zero-order valence-corrected chi connectivity index (χ0v) is 11.7. The van der Waals surface area contributed by atoms with Crippen LogP contribution in [0.2, 0.25) is 0 Å². The van der Waals surface area contributed by atoms with Crippen molar-refractivity contribution in [2.45, 2.75) is 25.3 Å². The van der Waals surface area contributed by atoms with Crippen molar-refractivity contribution in [3.63, 3.8) is 0 Å². The van der Waals surface area contributed by atoms with E-state index in [4.69, 9.17) is 21.9 Å². The number of benzene rings is 1. The lowest BCUT2D eigenvalue weighted by Gasteiger charge is -2.09. The van der Waals surface area contributed by atoms with Crippen molar-refractivity contribution >= 4 is 17.9 Å². The second-order valence-corrected chi connectivity index (χ2v) is 4.51. The molecule has 0 spiro atoms. The summed E-state index contributed by atoms with van der Waals surface area (Å²) in [5.74, 6) is -1.37. The fourth-order valence-electron chi connectivity index (χ4n) is 1.62. The number of guanidine groups is 1. The van der Waals surface area contributed by atoms with E-state index < -0.39 is 18.0 Å². The Bertz CT molecular complexity index is 498. The number of ether oxygens (including phenoxy) is 1. The average molecular weight is 292 g/mol. The summed E-state index contributed by atoms with van der Waals surface area (Å²) in [6, 6.07) is 8.15. The molecule has 0 radical (unpaired) electrons. The monoisotopic (exact) mass is 292 g/mol. The van der Waals surface area contributed by atoms with Gasteiger partial charge in [-0.25, -0.2) is 4.79 Å². The lowest BCUT2D eigenvalue weighted by atomic mass is 10.1. The van der Waals surface area contributed by atoms with Crippen LogP contribution in [0, 0.1) is 0 Å². The Hall–Kier alpha value is -2.41. The maximum Gasteiger partial charge on any atom is 0.330 e. The Kier molecular flexibility index (Phi) is 6.90. The van der Waals surface area contributed by atoms with E-state index in [-0.39, 0.29) is 12.4 Å². The van der Waals surface area contributed by atoms with Gasteiger partial charge in [-0.2, -0.15) is 0 Å². The van der Waals surface area contributed by atoms with Gasteiger partial charge in [0.15, 0.2) is 5.96 Å². The Morgan fingerprint density at radius 3 is 2.48 bits per heavy atom. The van der Waals surface area contributed by atoms with E-state index in [9.17, 15) is 9.59 Å². The highest BCUT2D eigenvalue weighted by molar-refractivity contribution is 5.89. The third-order valence-electron chi connectivity index (χ3n) is 2.68. The minimum absolute atomic E-state index is 0.0100. The summed E-state index contributed by atoms with van der Waals surface area (Å²) >= 11 is 0. The van der Waals surface area contributed by atoms with Crippen LogP contribution in [-0.2, 0) is 20.7 Å². The number of nitrogens with zero attached hydrogens (tertiary/aromatic N) is 1. The van der Waals surface area contributed by atoms with Crippen molar-refractivity contribution in [1.29, 1.82) is 0 Å². The third-order valence-corrected chi connectivity index (χ3v) is 2.68. The predicted molar refractivity (Wildman–Crippen MR) is 79.1 cm³/mol. The normalized spacial score (nSPS) is 11.5. The lowest BCUT2D eigenvalue weighted by Crippen LogP contribution is -2.34. The van der Waals surface area contributed by atoms with Crippen LogP contribution >= 0.6 is 0 Å². The van der Waals surface area contributed by atoms with E-state index in [1.165, 1.54) is 0 Å². The molecule has 1 aromatic carbocycles. The fourth-order valence-corrected chi connectivity index (χ4v) is 1.62. The molecular weight excluding hydrogens is 272 g/mol. The largest absolute Gasteiger partial charge is 0.392 e. The Morgan fingerprint density at radius 1 is 1.19 bits per heavy atom. The summed E-state index contributed by atoms with van der Waals surface area (Å²) in [6.45, 7) is 0.376. The minimum Gasteiger partial charge on any atom is -0.392 e. The molecule has 0 aliphatic carbocycles. The number of hydrogen-bond acceptors (Lipinski definition) is 5. The molecule has 21 heavy (non-hydrogen) atoms. The predicted octanol–water partition coefficient (Wildman–Crippen LogP) is -0.320. The Balaban J connectivity index is 2.31. The smallest absolute Gasteiger partial charge is 0.330 e. The summed E-state index contributed by atoms with van der Waals surface area (Å²) in [5, 5.41) is 0. The van der Waals surface area contributed by atoms with Crippen LogP contribution in [0.1, 0.15) is 18.4 Å². The van der Waals surface area contributed by atoms with Gasteiger partial charge in [0, 0.05) is 6.54 Å². The van der Waals surface area contributed by atoms with Crippen molar-refractivity contribution in [2.75, 3.05) is 6.54 Å². The molecule has 0 amide bonds. The van der Waals surface area contributed by atoms with Crippen LogP contribution in [0.5, 0.6) is 0 Å². The second-order valence-electron chi connectivity index (χ2n) is 4.51. The van der Waals surface area contributed by atoms with E-state index in [1.807, 2.05) is 6.07 Å². The summed E-state index contributed by atoms with van der Waals surface area (Å²) in [5.41, 5.74) is 16.7. The zero-order chi connectivity index (χ0) is 15.7. The van der Waals surface area contributed by atoms with E-state index in [0.717, 1.165) is 5.56 Å². The zero-order valence-electron chi connectivity index (χ0n) is 11.7. The van der Waals surface area contributed by atoms with Gasteiger partial charge in [-0.15, -0.1) is 0 Å². The first-order valence-corrected chi connectivity index (χ1v) is 6.58. The first-order valence-electron chi connectivity index (χ1n) is 6.58. The average Bonchev–Trinajstić information content (AvgIpc) is 2.44. The van der Waals surface area contributed by atoms with Gasteiger partial charge in [0.05, 0.1) is 6.42 Å². The quantitative estimate of drug-likeness (QED) is 0.207. The number of carbonyl (C=O) groups excluding carboxylic acids is 2. The summed E-state index contributed by atoms with van der Waals surface area (Å²) in [4.78, 5) is 27.0. The molecule has 1 aromatic rings. The van der Waals surface area contributed by atoms with E-state index in [0.29, 0.717) is 19.4 Å². The van der Waals surface area contributed by atoms with Crippen molar-refractivity contribution in [1.82, 2.24) is 0 Å². The molecule has 0 fully saturated rings. The number of hydrogen-bond donors (Lipinski definition) is 3. The number of carbonyl (C=O) groups is 2. The van der Waals surface area contributed by atoms with Crippen molar-refractivity contribution in [3.8, 4) is 0 Å². The Morgan fingerprint density at radius 2 is 1.86 bits per heavy atom. The van der Waals surface area contributed by atoms with Crippen LogP contribution in [-0.4, -0.2) is 30.5 Å². The molecule has 0 unspecified atom stereocenters. The van der Waals surface area contributed by atoms with Crippen LogP contribution in [0.3, 0.4) is 0 Å². The molecule has 1 atom stereocenters. The van der Waals surface area contributed by atoms with Crippen LogP contribution in [0.4, 0.5) is 0 Å². The van der Waals surface area contributed by atoms with Crippen LogP contribution < -0.4 is 17.2 Å². The molecule has 7 heteroatoms. The third kappa shape index (κ3) is 7.07. The summed E-state index contributed by atoms with van der Waals surface area (Å²) in [7, 11) is 0. The number of nitrogens with two attached hydrogens (primary N) is 3. The number of rotatable bonds is 7. The molecule has 7 nitrogen and oxygen atoms in total. The first-order chi connectivity index (χ1) is 9.99. The van der Waals surface area contributed by atoms with Gasteiger partial charge in [-0.1, -0.05) is 30.3 Å². The van der Waals surface area contributed by atoms with Gasteiger partial charge in [0.25, 0.3) is 0 Å². The molecule has 6 N–H and O–H groups in total. The van der Waals surface area contributed by atoms with Gasteiger partial charge >= 0.3 is 11.9 Å². The molecule has 0 saturated carbocycles. The van der Waals surface area contributed by atoms with E-state index >= 15 is 0 Å². The second kappa shape index (κ2) is 8.70. The molecule has 0 aliphatic heterocycles. The van der Waals surface area contributed by atoms with Crippen LogP contribution in [0.15, 0.2) is 35.3 Å². The first kappa shape index (κ1) is 16.6. The van der Waals surface area contributed by atoms with Gasteiger partial charge in [-0.3, -0.25) is 9.79 Å².